The first-order valence-electron chi connectivity index (χ1n) is 9.36. The summed E-state index contributed by atoms with van der Waals surface area (Å²) in [6.45, 7) is 0.653. The zero-order chi connectivity index (χ0) is 19.5. The summed E-state index contributed by atoms with van der Waals surface area (Å²) in [5, 5.41) is 4.65. The molecule has 0 spiro atoms. The normalized spacial score (nSPS) is 10.9. The van der Waals surface area contributed by atoms with Crippen molar-refractivity contribution in [1.29, 1.82) is 0 Å². The molecule has 1 aromatic carbocycles. The molecule has 0 fully saturated rings. The molecule has 5 rings (SSSR count). The summed E-state index contributed by atoms with van der Waals surface area (Å²) in [5.74, 6) is 1.32. The Morgan fingerprint density at radius 3 is 2.72 bits per heavy atom. The Morgan fingerprint density at radius 1 is 0.862 bits per heavy atom. The Bertz CT molecular complexity index is 1190. The summed E-state index contributed by atoms with van der Waals surface area (Å²) in [7, 11) is 0. The van der Waals surface area contributed by atoms with Crippen molar-refractivity contribution in [3.05, 3.63) is 91.0 Å². The van der Waals surface area contributed by atoms with Gasteiger partial charge in [0.2, 0.25) is 0 Å². The van der Waals surface area contributed by atoms with E-state index in [9.17, 15) is 0 Å². The van der Waals surface area contributed by atoms with E-state index in [1.165, 1.54) is 10.9 Å². The summed E-state index contributed by atoms with van der Waals surface area (Å²) in [5.41, 5.74) is 4.79. The van der Waals surface area contributed by atoms with Gasteiger partial charge in [-0.25, -0.2) is 9.97 Å². The summed E-state index contributed by atoms with van der Waals surface area (Å²) in [6, 6.07) is 19.9. The lowest BCUT2D eigenvalue weighted by Gasteiger charge is -2.11. The molecule has 0 aliphatic rings. The lowest BCUT2D eigenvalue weighted by Crippen LogP contribution is -2.04. The number of aromatic amines is 1. The van der Waals surface area contributed by atoms with Crippen LogP contribution in [0, 0.1) is 0 Å². The van der Waals surface area contributed by atoms with Gasteiger partial charge in [-0.05, 0) is 42.0 Å². The van der Waals surface area contributed by atoms with Gasteiger partial charge in [-0.1, -0.05) is 18.2 Å². The Kier molecular flexibility index (Phi) is 4.42. The zero-order valence-corrected chi connectivity index (χ0v) is 15.6. The molecule has 0 atom stereocenters. The van der Waals surface area contributed by atoms with Gasteiger partial charge in [0.25, 0.3) is 0 Å². The number of hydrogen-bond donors (Lipinski definition) is 2. The predicted molar refractivity (Wildman–Crippen MR) is 114 cm³/mol. The third-order valence-corrected chi connectivity index (χ3v) is 4.72. The molecule has 2 N–H and O–H groups in total. The Balaban J connectivity index is 1.52. The van der Waals surface area contributed by atoms with Crippen molar-refractivity contribution in [1.82, 2.24) is 24.9 Å². The molecule has 140 valence electrons. The summed E-state index contributed by atoms with van der Waals surface area (Å²) >= 11 is 0. The minimum absolute atomic E-state index is 0.578. The van der Waals surface area contributed by atoms with Crippen LogP contribution < -0.4 is 5.32 Å². The van der Waals surface area contributed by atoms with E-state index in [0.717, 1.165) is 28.3 Å². The number of H-pyrrole nitrogens is 1. The van der Waals surface area contributed by atoms with Gasteiger partial charge in [-0.15, -0.1) is 0 Å². The second-order valence-corrected chi connectivity index (χ2v) is 6.63. The maximum absolute atomic E-state index is 4.71. The van der Waals surface area contributed by atoms with E-state index in [4.69, 9.17) is 9.97 Å². The molecule has 4 aromatic heterocycles. The molecule has 4 heterocycles. The highest BCUT2D eigenvalue weighted by molar-refractivity contribution is 5.83. The van der Waals surface area contributed by atoms with Crippen LogP contribution in [0.15, 0.2) is 85.5 Å². The summed E-state index contributed by atoms with van der Waals surface area (Å²) in [6.07, 6.45) is 7.25. The van der Waals surface area contributed by atoms with Crippen LogP contribution in [-0.4, -0.2) is 24.9 Å². The standard InChI is InChI=1S/C23H18N6/c1-2-11-25-20(7-1)23-28-21(17-6-4-10-24-14-17)13-22(29-23)27-15-16-5-3-8-19-18(16)9-12-26-19/h1-14,26H,15H2,(H,27,28,29). The molecule has 6 heteroatoms. The fourth-order valence-electron chi connectivity index (χ4n) is 3.30. The fraction of sp³-hybridized carbons (Fsp3) is 0.0435. The maximum atomic E-state index is 4.71. The first-order valence-corrected chi connectivity index (χ1v) is 9.36. The topological polar surface area (TPSA) is 79.4 Å². The minimum Gasteiger partial charge on any atom is -0.366 e. The van der Waals surface area contributed by atoms with E-state index < -0.39 is 0 Å². The first-order chi connectivity index (χ1) is 14.4. The van der Waals surface area contributed by atoms with Gasteiger partial charge in [-0.3, -0.25) is 9.97 Å². The van der Waals surface area contributed by atoms with Gasteiger partial charge in [-0.2, -0.15) is 0 Å². The number of hydrogen-bond acceptors (Lipinski definition) is 5. The van der Waals surface area contributed by atoms with Crippen LogP contribution in [0.1, 0.15) is 5.56 Å². The molecule has 5 aromatic rings. The second-order valence-electron chi connectivity index (χ2n) is 6.63. The minimum atomic E-state index is 0.578. The molecule has 0 aliphatic heterocycles. The van der Waals surface area contributed by atoms with Crippen molar-refractivity contribution < 1.29 is 0 Å². The molecule has 0 radical (unpaired) electrons. The van der Waals surface area contributed by atoms with E-state index in [1.807, 2.05) is 42.6 Å². The fourth-order valence-corrected chi connectivity index (χ4v) is 3.30. The molecule has 0 bridgehead atoms. The smallest absolute Gasteiger partial charge is 0.180 e. The Hall–Kier alpha value is -4.06. The van der Waals surface area contributed by atoms with E-state index in [1.54, 1.807) is 18.6 Å². The Labute approximate surface area is 167 Å². The number of pyridine rings is 2. The summed E-state index contributed by atoms with van der Waals surface area (Å²) < 4.78 is 0. The number of anilines is 1. The largest absolute Gasteiger partial charge is 0.366 e. The SMILES string of the molecule is c1ccc(-c2nc(NCc3cccc4[nH]ccc34)cc(-c3cccnc3)n2)nc1. The van der Waals surface area contributed by atoms with Gasteiger partial charge in [0.1, 0.15) is 11.5 Å². The highest BCUT2D eigenvalue weighted by Crippen LogP contribution is 2.24. The summed E-state index contributed by atoms with van der Waals surface area (Å²) in [4.78, 5) is 21.3. The van der Waals surface area contributed by atoms with Gasteiger partial charge in [0, 0.05) is 53.9 Å². The van der Waals surface area contributed by atoms with Gasteiger partial charge in [0.15, 0.2) is 5.82 Å². The average molecular weight is 378 g/mol. The second kappa shape index (κ2) is 7.52. The molecule has 6 nitrogen and oxygen atoms in total. The maximum Gasteiger partial charge on any atom is 0.180 e. The first kappa shape index (κ1) is 17.1. The third kappa shape index (κ3) is 3.55. The van der Waals surface area contributed by atoms with Crippen molar-refractivity contribution in [2.75, 3.05) is 5.32 Å². The van der Waals surface area contributed by atoms with E-state index in [0.29, 0.717) is 12.4 Å². The lowest BCUT2D eigenvalue weighted by molar-refractivity contribution is 1.08. The molecular weight excluding hydrogens is 360 g/mol. The quantitative estimate of drug-likeness (QED) is 0.464. The lowest BCUT2D eigenvalue weighted by atomic mass is 10.1. The molecule has 0 saturated heterocycles. The van der Waals surface area contributed by atoms with Crippen LogP contribution in [0.3, 0.4) is 0 Å². The van der Waals surface area contributed by atoms with Crippen LogP contribution in [0.2, 0.25) is 0 Å². The van der Waals surface area contributed by atoms with E-state index in [-0.39, 0.29) is 0 Å². The third-order valence-electron chi connectivity index (χ3n) is 4.72. The van der Waals surface area contributed by atoms with Crippen LogP contribution in [0.4, 0.5) is 5.82 Å². The number of aromatic nitrogens is 5. The van der Waals surface area contributed by atoms with Gasteiger partial charge >= 0.3 is 0 Å². The van der Waals surface area contributed by atoms with E-state index >= 15 is 0 Å². The molecule has 29 heavy (non-hydrogen) atoms. The van der Waals surface area contributed by atoms with Crippen molar-refractivity contribution in [3.8, 4) is 22.8 Å². The van der Waals surface area contributed by atoms with Crippen molar-refractivity contribution >= 4 is 16.7 Å². The Morgan fingerprint density at radius 2 is 1.86 bits per heavy atom. The van der Waals surface area contributed by atoms with Crippen molar-refractivity contribution in [2.24, 2.45) is 0 Å². The van der Waals surface area contributed by atoms with Gasteiger partial charge in [0.05, 0.1) is 5.69 Å². The van der Waals surface area contributed by atoms with Crippen LogP contribution >= 0.6 is 0 Å². The number of fused-ring (bicyclic) bond motifs is 1. The number of benzene rings is 1. The van der Waals surface area contributed by atoms with Crippen molar-refractivity contribution in [2.45, 2.75) is 6.54 Å². The van der Waals surface area contributed by atoms with Crippen LogP contribution in [0.25, 0.3) is 33.7 Å². The number of rotatable bonds is 5. The van der Waals surface area contributed by atoms with Crippen molar-refractivity contribution in [3.63, 3.8) is 0 Å². The molecule has 0 unspecified atom stereocenters. The highest BCUT2D eigenvalue weighted by Gasteiger charge is 2.10. The van der Waals surface area contributed by atoms with E-state index in [2.05, 4.69) is 44.5 Å². The predicted octanol–water partition coefficient (Wildman–Crippen LogP) is 4.69. The molecule has 0 aliphatic carbocycles. The monoisotopic (exact) mass is 378 g/mol. The zero-order valence-electron chi connectivity index (χ0n) is 15.6. The molecule has 0 saturated carbocycles. The van der Waals surface area contributed by atoms with Crippen LogP contribution in [0.5, 0.6) is 0 Å². The highest BCUT2D eigenvalue weighted by atomic mass is 15.0. The molecular formula is C23H18N6. The number of nitrogens with zero attached hydrogens (tertiary/aromatic N) is 4. The average Bonchev–Trinajstić information content (AvgIpc) is 3.28. The molecule has 0 amide bonds. The van der Waals surface area contributed by atoms with Crippen LogP contribution in [-0.2, 0) is 6.54 Å². The van der Waals surface area contributed by atoms with Gasteiger partial charge < -0.3 is 10.3 Å². The number of nitrogens with one attached hydrogen (secondary N) is 2.